The second kappa shape index (κ2) is 4.65. The van der Waals surface area contributed by atoms with E-state index >= 15 is 0 Å². The molecule has 2 nitrogen and oxygen atoms in total. The molecule has 0 radical (unpaired) electrons. The summed E-state index contributed by atoms with van der Waals surface area (Å²) < 4.78 is 0. The molecule has 0 aliphatic heterocycles. The van der Waals surface area contributed by atoms with Gasteiger partial charge in [-0.2, -0.15) is 0 Å². The summed E-state index contributed by atoms with van der Waals surface area (Å²) in [6.45, 7) is 2.66. The van der Waals surface area contributed by atoms with Crippen LogP contribution >= 0.6 is 0 Å². The first-order valence-electron chi connectivity index (χ1n) is 2.95. The van der Waals surface area contributed by atoms with E-state index in [0.29, 0.717) is 6.54 Å². The predicted molar refractivity (Wildman–Crippen MR) is 36.2 cm³/mol. The van der Waals surface area contributed by atoms with E-state index in [1.165, 1.54) is 0 Å². The zero-order chi connectivity index (χ0) is 6.41. The maximum absolute atomic E-state index is 5.48. The van der Waals surface area contributed by atoms with Gasteiger partial charge in [0.1, 0.15) is 0 Å². The Hall–Kier alpha value is -0.500. The Morgan fingerprint density at radius 3 is 2.62 bits per heavy atom. The summed E-state index contributed by atoms with van der Waals surface area (Å²) in [4.78, 5) is 0. The summed E-state index contributed by atoms with van der Waals surface area (Å²) in [6, 6.07) is 0. The van der Waals surface area contributed by atoms with Crippen molar-refractivity contribution in [3.8, 4) is 0 Å². The van der Waals surface area contributed by atoms with E-state index in [9.17, 15) is 0 Å². The fourth-order valence-corrected chi connectivity index (χ4v) is 0.542. The van der Waals surface area contributed by atoms with E-state index in [2.05, 4.69) is 6.92 Å². The smallest absolute Gasteiger partial charge is 0.0126 e. The first-order chi connectivity index (χ1) is 3.81. The molecule has 0 aromatic carbocycles. The summed E-state index contributed by atoms with van der Waals surface area (Å²) >= 11 is 0. The first-order valence-corrected chi connectivity index (χ1v) is 2.95. The average Bonchev–Trinajstić information content (AvgIpc) is 1.68. The number of nitrogens with two attached hydrogens (primary N) is 2. The van der Waals surface area contributed by atoms with E-state index in [1.54, 1.807) is 0 Å². The molecule has 0 aromatic rings. The third-order valence-corrected chi connectivity index (χ3v) is 0.919. The maximum Gasteiger partial charge on any atom is 0.0126 e. The van der Waals surface area contributed by atoms with Crippen LogP contribution in [0.25, 0.3) is 0 Å². The normalized spacial score (nSPS) is 12.0. The Balaban J connectivity index is 3.29. The van der Waals surface area contributed by atoms with Crippen LogP contribution in [0.3, 0.4) is 0 Å². The second-order valence-corrected chi connectivity index (χ2v) is 1.76. The van der Waals surface area contributed by atoms with E-state index < -0.39 is 0 Å². The van der Waals surface area contributed by atoms with Gasteiger partial charge in [0.05, 0.1) is 0 Å². The standard InChI is InChI=1S/C6H14N2/c1-2-3-6(8)4-5-7/h4H,2-3,5,7-8H2,1H3. The Morgan fingerprint density at radius 1 is 1.62 bits per heavy atom. The molecular formula is C6H14N2. The highest BCUT2D eigenvalue weighted by molar-refractivity contribution is 4.96. The number of allylic oxidation sites excluding steroid dienone is 1. The van der Waals surface area contributed by atoms with E-state index in [-0.39, 0.29) is 0 Å². The molecule has 0 spiro atoms. The highest BCUT2D eigenvalue weighted by Gasteiger charge is 1.82. The van der Waals surface area contributed by atoms with Crippen molar-refractivity contribution in [3.05, 3.63) is 11.8 Å². The molecule has 0 aliphatic rings. The fraction of sp³-hybridized carbons (Fsp3) is 0.667. The van der Waals surface area contributed by atoms with Crippen LogP contribution in [0.4, 0.5) is 0 Å². The predicted octanol–water partition coefficient (Wildman–Crippen LogP) is 0.588. The van der Waals surface area contributed by atoms with Crippen LogP contribution in [-0.4, -0.2) is 6.54 Å². The van der Waals surface area contributed by atoms with Crippen molar-refractivity contribution in [1.82, 2.24) is 0 Å². The molecule has 0 saturated carbocycles. The van der Waals surface area contributed by atoms with Gasteiger partial charge in [0.25, 0.3) is 0 Å². The van der Waals surface area contributed by atoms with Crippen LogP contribution in [0.5, 0.6) is 0 Å². The summed E-state index contributed by atoms with van der Waals surface area (Å²) in [5, 5.41) is 0. The summed E-state index contributed by atoms with van der Waals surface area (Å²) in [6.07, 6.45) is 3.92. The van der Waals surface area contributed by atoms with Crippen molar-refractivity contribution in [2.24, 2.45) is 11.5 Å². The average molecular weight is 114 g/mol. The minimum atomic E-state index is 0.561. The lowest BCUT2D eigenvalue weighted by molar-refractivity contribution is 0.886. The Morgan fingerprint density at radius 2 is 2.25 bits per heavy atom. The van der Waals surface area contributed by atoms with Crippen LogP contribution in [0.2, 0.25) is 0 Å². The molecule has 0 fully saturated rings. The lowest BCUT2D eigenvalue weighted by Crippen LogP contribution is -2.02. The molecule has 0 rings (SSSR count). The van der Waals surface area contributed by atoms with Crippen molar-refractivity contribution >= 4 is 0 Å². The SMILES string of the molecule is CCCC(N)=CCN. The highest BCUT2D eigenvalue weighted by Crippen LogP contribution is 1.93. The number of hydrogen-bond donors (Lipinski definition) is 2. The van der Waals surface area contributed by atoms with Gasteiger partial charge in [0.15, 0.2) is 0 Å². The van der Waals surface area contributed by atoms with Crippen molar-refractivity contribution in [2.45, 2.75) is 19.8 Å². The first kappa shape index (κ1) is 7.50. The van der Waals surface area contributed by atoms with Gasteiger partial charge in [-0.05, 0) is 6.42 Å². The van der Waals surface area contributed by atoms with Crippen molar-refractivity contribution in [3.63, 3.8) is 0 Å². The molecule has 0 aromatic heterocycles. The summed E-state index contributed by atoms with van der Waals surface area (Å²) in [5.74, 6) is 0. The third kappa shape index (κ3) is 3.68. The lowest BCUT2D eigenvalue weighted by atomic mass is 10.2. The number of hydrogen-bond acceptors (Lipinski definition) is 2. The molecule has 4 N–H and O–H groups in total. The van der Waals surface area contributed by atoms with Crippen molar-refractivity contribution in [2.75, 3.05) is 6.54 Å². The zero-order valence-corrected chi connectivity index (χ0v) is 5.35. The van der Waals surface area contributed by atoms with Crippen LogP contribution < -0.4 is 11.5 Å². The fourth-order valence-electron chi connectivity index (χ4n) is 0.542. The molecule has 0 heterocycles. The summed E-state index contributed by atoms with van der Waals surface area (Å²) in [5.41, 5.74) is 11.6. The Labute approximate surface area is 50.6 Å². The van der Waals surface area contributed by atoms with E-state index in [4.69, 9.17) is 11.5 Å². The topological polar surface area (TPSA) is 52.0 Å². The van der Waals surface area contributed by atoms with Crippen LogP contribution in [0, 0.1) is 0 Å². The molecule has 0 atom stereocenters. The lowest BCUT2D eigenvalue weighted by Gasteiger charge is -1.93. The minimum absolute atomic E-state index is 0.561. The summed E-state index contributed by atoms with van der Waals surface area (Å²) in [7, 11) is 0. The van der Waals surface area contributed by atoms with Gasteiger partial charge in [-0.1, -0.05) is 19.4 Å². The van der Waals surface area contributed by atoms with Gasteiger partial charge in [-0.3, -0.25) is 0 Å². The largest absolute Gasteiger partial charge is 0.402 e. The molecule has 48 valence electrons. The van der Waals surface area contributed by atoms with Gasteiger partial charge < -0.3 is 11.5 Å². The van der Waals surface area contributed by atoms with E-state index in [0.717, 1.165) is 18.5 Å². The van der Waals surface area contributed by atoms with Crippen molar-refractivity contribution < 1.29 is 0 Å². The highest BCUT2D eigenvalue weighted by atomic mass is 14.6. The quantitative estimate of drug-likeness (QED) is 0.564. The van der Waals surface area contributed by atoms with Crippen LogP contribution in [0.15, 0.2) is 11.8 Å². The molecular weight excluding hydrogens is 100 g/mol. The van der Waals surface area contributed by atoms with E-state index in [1.807, 2.05) is 6.08 Å². The van der Waals surface area contributed by atoms with Gasteiger partial charge in [0.2, 0.25) is 0 Å². The Kier molecular flexibility index (Phi) is 4.36. The van der Waals surface area contributed by atoms with Crippen LogP contribution in [0.1, 0.15) is 19.8 Å². The molecule has 2 heteroatoms. The van der Waals surface area contributed by atoms with Crippen molar-refractivity contribution in [1.29, 1.82) is 0 Å². The van der Waals surface area contributed by atoms with Gasteiger partial charge in [-0.25, -0.2) is 0 Å². The van der Waals surface area contributed by atoms with Crippen LogP contribution in [-0.2, 0) is 0 Å². The molecule has 0 saturated heterocycles. The Bertz CT molecular complexity index is 76.6. The van der Waals surface area contributed by atoms with Gasteiger partial charge >= 0.3 is 0 Å². The molecule has 8 heavy (non-hydrogen) atoms. The molecule has 0 amide bonds. The van der Waals surface area contributed by atoms with Gasteiger partial charge in [0, 0.05) is 12.2 Å². The molecule has 0 aliphatic carbocycles. The molecule has 0 unspecified atom stereocenters. The third-order valence-electron chi connectivity index (χ3n) is 0.919. The second-order valence-electron chi connectivity index (χ2n) is 1.76. The minimum Gasteiger partial charge on any atom is -0.402 e. The maximum atomic E-state index is 5.48. The molecule has 0 bridgehead atoms. The number of rotatable bonds is 3. The zero-order valence-electron chi connectivity index (χ0n) is 5.35. The van der Waals surface area contributed by atoms with Gasteiger partial charge in [-0.15, -0.1) is 0 Å². The monoisotopic (exact) mass is 114 g/mol.